The summed E-state index contributed by atoms with van der Waals surface area (Å²) in [5.74, 6) is -0.686. The quantitative estimate of drug-likeness (QED) is 0.648. The summed E-state index contributed by atoms with van der Waals surface area (Å²) < 4.78 is 49.8. The lowest BCUT2D eigenvalue weighted by molar-refractivity contribution is -0.192. The molecule has 0 saturated heterocycles. The van der Waals surface area contributed by atoms with E-state index in [4.69, 9.17) is 9.84 Å². The second-order valence-electron chi connectivity index (χ2n) is 8.40. The van der Waals surface area contributed by atoms with Crippen molar-refractivity contribution in [3.8, 4) is 5.75 Å². The van der Waals surface area contributed by atoms with Crippen molar-refractivity contribution in [1.29, 1.82) is 0 Å². The lowest BCUT2D eigenvalue weighted by atomic mass is 9.78. The summed E-state index contributed by atoms with van der Waals surface area (Å²) in [5.41, 5.74) is 1.18. The fourth-order valence-corrected chi connectivity index (χ4v) is 2.70. The van der Waals surface area contributed by atoms with Crippen LogP contribution < -0.4 is 4.74 Å². The summed E-state index contributed by atoms with van der Waals surface area (Å²) in [6.45, 7) is 11.6. The molecule has 1 atom stereocenters. The molecule has 0 amide bonds. The molecule has 0 spiro atoms. The van der Waals surface area contributed by atoms with Gasteiger partial charge in [-0.05, 0) is 28.5 Å². The molecule has 1 unspecified atom stereocenters. The fraction of sp³-hybridized carbons (Fsp3) is 0.526. The third-order valence-electron chi connectivity index (χ3n) is 4.09. The molecule has 1 aliphatic heterocycles. The Kier molecular flexibility index (Phi) is 4.81. The Bertz CT molecular complexity index is 750. The van der Waals surface area contributed by atoms with Gasteiger partial charge >= 0.3 is 12.3 Å². The predicted molar refractivity (Wildman–Crippen MR) is 91.4 cm³/mol. The van der Waals surface area contributed by atoms with E-state index in [1.807, 2.05) is 47.6 Å². The molecular weight excluding hydrogens is 349 g/mol. The van der Waals surface area contributed by atoms with Crippen molar-refractivity contribution < 1.29 is 32.5 Å². The van der Waals surface area contributed by atoms with Crippen molar-refractivity contribution in [3.63, 3.8) is 0 Å². The molecule has 0 radical (unpaired) electrons. The zero-order chi connectivity index (χ0) is 20.1. The highest BCUT2D eigenvalue weighted by Crippen LogP contribution is 2.44. The molecule has 0 fully saturated rings. The molecule has 1 aromatic rings. The lowest BCUT2D eigenvalue weighted by Crippen LogP contribution is -2.40. The Morgan fingerprint density at radius 2 is 1.65 bits per heavy atom. The maximum Gasteiger partial charge on any atom is 0.511 e. The second-order valence-corrected chi connectivity index (χ2v) is 8.40. The van der Waals surface area contributed by atoms with Crippen molar-refractivity contribution >= 4 is 12.2 Å². The van der Waals surface area contributed by atoms with Crippen LogP contribution in [0.5, 0.6) is 5.75 Å². The molecule has 0 aromatic heterocycles. The number of ether oxygens (including phenoxy) is 2. The van der Waals surface area contributed by atoms with Gasteiger partial charge in [-0.25, -0.2) is 4.79 Å². The van der Waals surface area contributed by atoms with E-state index in [1.165, 1.54) is 0 Å². The Morgan fingerprint density at radius 1 is 1.08 bits per heavy atom. The number of carboxylic acid groups (broad SMARTS) is 1. The van der Waals surface area contributed by atoms with E-state index in [0.717, 1.165) is 11.6 Å². The van der Waals surface area contributed by atoms with Gasteiger partial charge in [0, 0.05) is 11.1 Å². The van der Waals surface area contributed by atoms with Gasteiger partial charge in [0.05, 0.1) is 0 Å². The van der Waals surface area contributed by atoms with E-state index in [2.05, 4.69) is 4.74 Å². The maximum atomic E-state index is 13.4. The Morgan fingerprint density at radius 3 is 2.08 bits per heavy atom. The Labute approximate surface area is 150 Å². The number of hydrogen-bond donors (Lipinski definition) is 1. The third kappa shape index (κ3) is 4.14. The Balaban J connectivity index is 2.75. The highest BCUT2D eigenvalue weighted by Gasteiger charge is 2.49. The van der Waals surface area contributed by atoms with Gasteiger partial charge in [-0.3, -0.25) is 0 Å². The maximum absolute atomic E-state index is 13.4. The number of hydrogen-bond acceptors (Lipinski definition) is 3. The average molecular weight is 372 g/mol. The molecule has 144 valence electrons. The smallest absolute Gasteiger partial charge is 0.472 e. The SMILES string of the molecule is CC(C)(C)c1cc2c(c(C(C)(C)C)c1)OC(C(F)(F)F)C(OC(=O)O)=C2. The first-order valence-electron chi connectivity index (χ1n) is 8.15. The van der Waals surface area contributed by atoms with Crippen molar-refractivity contribution in [1.82, 2.24) is 0 Å². The minimum Gasteiger partial charge on any atom is -0.472 e. The highest BCUT2D eigenvalue weighted by atomic mass is 19.4. The van der Waals surface area contributed by atoms with Crippen molar-refractivity contribution in [2.75, 3.05) is 0 Å². The number of rotatable bonds is 1. The number of benzene rings is 1. The number of carbonyl (C=O) groups is 1. The molecule has 1 aromatic carbocycles. The molecule has 1 N–H and O–H groups in total. The summed E-state index contributed by atoms with van der Waals surface area (Å²) in [6, 6.07) is 3.56. The van der Waals surface area contributed by atoms with E-state index in [-0.39, 0.29) is 11.2 Å². The van der Waals surface area contributed by atoms with E-state index in [0.29, 0.717) is 11.1 Å². The van der Waals surface area contributed by atoms with Crippen LogP contribution in [-0.4, -0.2) is 23.5 Å². The molecule has 0 aliphatic carbocycles. The molecule has 1 heterocycles. The number of alkyl halides is 3. The normalized spacial score (nSPS) is 17.9. The first kappa shape index (κ1) is 20.1. The highest BCUT2D eigenvalue weighted by molar-refractivity contribution is 5.69. The zero-order valence-corrected chi connectivity index (χ0v) is 15.6. The van der Waals surface area contributed by atoms with Crippen LogP contribution >= 0.6 is 0 Å². The molecule has 1 aliphatic rings. The monoisotopic (exact) mass is 372 g/mol. The van der Waals surface area contributed by atoms with E-state index >= 15 is 0 Å². The van der Waals surface area contributed by atoms with Crippen LogP contribution in [0.2, 0.25) is 0 Å². The third-order valence-corrected chi connectivity index (χ3v) is 4.09. The van der Waals surface area contributed by atoms with Gasteiger partial charge in [-0.2, -0.15) is 13.2 Å². The first-order chi connectivity index (χ1) is 11.6. The van der Waals surface area contributed by atoms with Gasteiger partial charge in [0.1, 0.15) is 5.75 Å². The summed E-state index contributed by atoms with van der Waals surface area (Å²) in [4.78, 5) is 10.8. The van der Waals surface area contributed by atoms with Crippen LogP contribution in [0.1, 0.15) is 58.2 Å². The predicted octanol–water partition coefficient (Wildman–Crippen LogP) is 5.64. The van der Waals surface area contributed by atoms with Crippen LogP contribution in [0, 0.1) is 0 Å². The number of halogens is 3. The van der Waals surface area contributed by atoms with E-state index in [9.17, 15) is 18.0 Å². The molecule has 4 nitrogen and oxygen atoms in total. The zero-order valence-electron chi connectivity index (χ0n) is 15.6. The average Bonchev–Trinajstić information content (AvgIpc) is 2.41. The Hall–Kier alpha value is -2.18. The largest absolute Gasteiger partial charge is 0.511 e. The first-order valence-corrected chi connectivity index (χ1v) is 8.15. The molecule has 26 heavy (non-hydrogen) atoms. The summed E-state index contributed by atoms with van der Waals surface area (Å²) in [5, 5.41) is 8.78. The van der Waals surface area contributed by atoms with Crippen LogP contribution in [0.25, 0.3) is 6.08 Å². The molecular formula is C19H23F3O4. The van der Waals surface area contributed by atoms with Crippen LogP contribution in [0.3, 0.4) is 0 Å². The summed E-state index contributed by atoms with van der Waals surface area (Å²) in [7, 11) is 0. The number of fused-ring (bicyclic) bond motifs is 1. The standard InChI is InChI=1S/C19H23F3O4/c1-17(2,3)11-7-10-8-13(25-16(23)24)15(19(20,21)22)26-14(10)12(9-11)18(4,5)6/h7-9,15H,1-6H3,(H,23,24). The summed E-state index contributed by atoms with van der Waals surface area (Å²) in [6.07, 6.45) is -7.99. The van der Waals surface area contributed by atoms with Gasteiger partial charge in [0.25, 0.3) is 6.10 Å². The van der Waals surface area contributed by atoms with Crippen LogP contribution in [-0.2, 0) is 15.6 Å². The van der Waals surface area contributed by atoms with Crippen LogP contribution in [0.4, 0.5) is 18.0 Å². The second kappa shape index (κ2) is 6.21. The van der Waals surface area contributed by atoms with Crippen molar-refractivity contribution in [2.24, 2.45) is 0 Å². The van der Waals surface area contributed by atoms with Crippen molar-refractivity contribution in [2.45, 2.75) is 64.7 Å². The minimum atomic E-state index is -4.81. The van der Waals surface area contributed by atoms with Gasteiger partial charge in [0.15, 0.2) is 5.76 Å². The van der Waals surface area contributed by atoms with E-state index in [1.54, 1.807) is 6.07 Å². The van der Waals surface area contributed by atoms with Gasteiger partial charge in [-0.1, -0.05) is 47.6 Å². The molecule has 0 bridgehead atoms. The van der Waals surface area contributed by atoms with Gasteiger partial charge in [0.2, 0.25) is 0 Å². The van der Waals surface area contributed by atoms with Gasteiger partial charge in [-0.15, -0.1) is 0 Å². The minimum absolute atomic E-state index is 0.102. The van der Waals surface area contributed by atoms with Crippen LogP contribution in [0.15, 0.2) is 17.9 Å². The van der Waals surface area contributed by atoms with E-state index < -0.39 is 29.6 Å². The van der Waals surface area contributed by atoms with Gasteiger partial charge < -0.3 is 14.6 Å². The fourth-order valence-electron chi connectivity index (χ4n) is 2.70. The molecule has 0 saturated carbocycles. The summed E-state index contributed by atoms with van der Waals surface area (Å²) >= 11 is 0. The topological polar surface area (TPSA) is 55.8 Å². The molecule has 2 rings (SSSR count). The molecule has 7 heteroatoms. The lowest BCUT2D eigenvalue weighted by Gasteiger charge is -2.33. The van der Waals surface area contributed by atoms with Crippen molar-refractivity contribution in [3.05, 3.63) is 34.6 Å².